The maximum atomic E-state index is 14.4. The van der Waals surface area contributed by atoms with Gasteiger partial charge in [0.2, 0.25) is 5.91 Å². The molecule has 0 fully saturated rings. The number of nitrogens with zero attached hydrogens (tertiary/aromatic N) is 1. The van der Waals surface area contributed by atoms with E-state index >= 15 is 0 Å². The number of carbonyl (C=O) groups is 1. The minimum Gasteiger partial charge on any atom is -0.366 e. The van der Waals surface area contributed by atoms with Crippen molar-refractivity contribution in [3.8, 4) is 0 Å². The predicted molar refractivity (Wildman–Crippen MR) is 112 cm³/mol. The molecule has 2 N–H and O–H groups in total. The number of aryl methyl sites for hydroxylation is 1. The zero-order valence-corrected chi connectivity index (χ0v) is 16.2. The molecule has 148 valence electrons. The van der Waals surface area contributed by atoms with Gasteiger partial charge in [-0.05, 0) is 42.7 Å². The highest BCUT2D eigenvalue weighted by Crippen LogP contribution is 2.33. The molecule has 4 rings (SSSR count). The van der Waals surface area contributed by atoms with E-state index < -0.39 is 17.5 Å². The van der Waals surface area contributed by atoms with Crippen molar-refractivity contribution in [2.24, 2.45) is 5.73 Å². The molecule has 0 aliphatic heterocycles. The minimum atomic E-state index is -0.605. The molecule has 0 aliphatic carbocycles. The third-order valence-electron chi connectivity index (χ3n) is 5.38. The quantitative estimate of drug-likeness (QED) is 0.459. The number of aromatic nitrogens is 1. The highest BCUT2D eigenvalue weighted by Gasteiger charge is 2.18. The second kappa shape index (κ2) is 7.66. The molecular weight excluding hydrogens is 370 g/mol. The summed E-state index contributed by atoms with van der Waals surface area (Å²) in [5, 5.41) is 1.66. The van der Waals surface area contributed by atoms with Crippen molar-refractivity contribution < 1.29 is 13.6 Å². The van der Waals surface area contributed by atoms with Crippen LogP contribution in [0.1, 0.15) is 41.3 Å². The Morgan fingerprint density at radius 1 is 1.03 bits per heavy atom. The highest BCUT2D eigenvalue weighted by molar-refractivity contribution is 6.17. The lowest BCUT2D eigenvalue weighted by Crippen LogP contribution is -2.11. The Morgan fingerprint density at radius 2 is 1.86 bits per heavy atom. The number of hydrogen-bond acceptors (Lipinski definition) is 1. The topological polar surface area (TPSA) is 48.0 Å². The smallest absolute Gasteiger partial charge is 0.249 e. The Hall–Kier alpha value is -3.21. The molecule has 1 aromatic heterocycles. The van der Waals surface area contributed by atoms with Gasteiger partial charge >= 0.3 is 0 Å². The molecule has 0 bridgehead atoms. The lowest BCUT2D eigenvalue weighted by Gasteiger charge is -2.10. The molecule has 0 saturated heterocycles. The third-order valence-corrected chi connectivity index (χ3v) is 5.38. The summed E-state index contributed by atoms with van der Waals surface area (Å²) in [5.41, 5.74) is 9.33. The molecule has 29 heavy (non-hydrogen) atoms. The molecule has 0 atom stereocenters. The fourth-order valence-electron chi connectivity index (χ4n) is 3.92. The lowest BCUT2D eigenvalue weighted by molar-refractivity contribution is 0.100. The predicted octanol–water partition coefficient (Wildman–Crippen LogP) is 5.56. The third kappa shape index (κ3) is 3.48. The van der Waals surface area contributed by atoms with Crippen molar-refractivity contribution in [1.29, 1.82) is 0 Å². The number of amides is 1. The fourth-order valence-corrected chi connectivity index (χ4v) is 3.92. The Labute approximate surface area is 167 Å². The van der Waals surface area contributed by atoms with Gasteiger partial charge in [-0.2, -0.15) is 0 Å². The van der Waals surface area contributed by atoms with Gasteiger partial charge in [0.1, 0.15) is 11.6 Å². The van der Waals surface area contributed by atoms with Crippen LogP contribution in [0.5, 0.6) is 0 Å². The van der Waals surface area contributed by atoms with Gasteiger partial charge in [-0.3, -0.25) is 4.79 Å². The van der Waals surface area contributed by atoms with Crippen LogP contribution in [0, 0.1) is 11.6 Å². The standard InChI is InChI=1S/C24H22F2N2O/c1-2-3-5-15-8-11-18-22(12-15)28(14-16-9-10-17(25)13-20(16)26)21-7-4-6-19(23(18)21)24(27)29/h4,6-13H,2-3,5,14H2,1H3,(H2,27,29). The van der Waals surface area contributed by atoms with E-state index in [1.165, 1.54) is 17.7 Å². The average molecular weight is 392 g/mol. The van der Waals surface area contributed by atoms with Crippen LogP contribution in [0.15, 0.2) is 54.6 Å². The summed E-state index contributed by atoms with van der Waals surface area (Å²) in [4.78, 5) is 12.0. The number of unbranched alkanes of at least 4 members (excludes halogenated alkanes) is 1. The van der Waals surface area contributed by atoms with E-state index in [0.29, 0.717) is 11.1 Å². The van der Waals surface area contributed by atoms with E-state index in [2.05, 4.69) is 19.1 Å². The van der Waals surface area contributed by atoms with E-state index in [9.17, 15) is 13.6 Å². The monoisotopic (exact) mass is 392 g/mol. The first-order chi connectivity index (χ1) is 14.0. The van der Waals surface area contributed by atoms with Gasteiger partial charge in [0.25, 0.3) is 0 Å². The molecule has 3 nitrogen and oxygen atoms in total. The van der Waals surface area contributed by atoms with E-state index in [0.717, 1.165) is 47.1 Å². The van der Waals surface area contributed by atoms with Crippen molar-refractivity contribution in [2.75, 3.05) is 0 Å². The molecule has 0 radical (unpaired) electrons. The van der Waals surface area contributed by atoms with Crippen LogP contribution in [-0.2, 0) is 13.0 Å². The number of rotatable bonds is 6. The summed E-state index contributed by atoms with van der Waals surface area (Å²) >= 11 is 0. The molecule has 0 spiro atoms. The summed E-state index contributed by atoms with van der Waals surface area (Å²) in [6, 6.07) is 15.2. The summed E-state index contributed by atoms with van der Waals surface area (Å²) in [6.45, 7) is 2.37. The van der Waals surface area contributed by atoms with Gasteiger partial charge in [0, 0.05) is 33.5 Å². The number of hydrogen-bond donors (Lipinski definition) is 1. The first-order valence-electron chi connectivity index (χ1n) is 9.77. The van der Waals surface area contributed by atoms with Crippen LogP contribution in [-0.4, -0.2) is 10.5 Å². The maximum Gasteiger partial charge on any atom is 0.249 e. The van der Waals surface area contributed by atoms with Crippen LogP contribution in [0.3, 0.4) is 0 Å². The minimum absolute atomic E-state index is 0.228. The lowest BCUT2D eigenvalue weighted by atomic mass is 10.0. The second-order valence-electron chi connectivity index (χ2n) is 7.34. The molecule has 0 aliphatic rings. The molecule has 1 amide bonds. The van der Waals surface area contributed by atoms with Crippen molar-refractivity contribution >= 4 is 27.7 Å². The normalized spacial score (nSPS) is 11.4. The molecule has 4 aromatic rings. The molecule has 1 heterocycles. The zero-order chi connectivity index (χ0) is 20.5. The molecule has 3 aromatic carbocycles. The first-order valence-corrected chi connectivity index (χ1v) is 9.77. The van der Waals surface area contributed by atoms with Crippen LogP contribution in [0.4, 0.5) is 8.78 Å². The van der Waals surface area contributed by atoms with Crippen molar-refractivity contribution in [1.82, 2.24) is 4.57 Å². The maximum absolute atomic E-state index is 14.4. The fraction of sp³-hybridized carbons (Fsp3) is 0.208. The number of nitrogens with two attached hydrogens (primary N) is 1. The van der Waals surface area contributed by atoms with E-state index in [1.54, 1.807) is 12.1 Å². The Kier molecular flexibility index (Phi) is 5.05. The molecular formula is C24H22F2N2O. The Morgan fingerprint density at radius 3 is 2.59 bits per heavy atom. The van der Waals surface area contributed by atoms with Gasteiger partial charge in [-0.1, -0.05) is 37.6 Å². The number of halogens is 2. The van der Waals surface area contributed by atoms with Crippen molar-refractivity contribution in [2.45, 2.75) is 32.7 Å². The van der Waals surface area contributed by atoms with E-state index in [4.69, 9.17) is 5.73 Å². The molecule has 0 saturated carbocycles. The van der Waals surface area contributed by atoms with Crippen molar-refractivity contribution in [3.63, 3.8) is 0 Å². The number of benzene rings is 3. The van der Waals surface area contributed by atoms with Gasteiger partial charge in [0.15, 0.2) is 0 Å². The Balaban J connectivity index is 1.98. The molecule has 0 unspecified atom stereocenters. The summed E-state index contributed by atoms with van der Waals surface area (Å²) in [6.07, 6.45) is 3.11. The number of carbonyl (C=O) groups excluding carboxylic acids is 1. The van der Waals surface area contributed by atoms with Gasteiger partial charge in [0.05, 0.1) is 12.1 Å². The summed E-state index contributed by atoms with van der Waals surface area (Å²) in [5.74, 6) is -1.70. The highest BCUT2D eigenvalue weighted by atomic mass is 19.1. The van der Waals surface area contributed by atoms with Gasteiger partial charge in [-0.15, -0.1) is 0 Å². The summed E-state index contributed by atoms with van der Waals surface area (Å²) < 4.78 is 29.7. The summed E-state index contributed by atoms with van der Waals surface area (Å²) in [7, 11) is 0. The first kappa shape index (κ1) is 19.1. The van der Waals surface area contributed by atoms with E-state index in [-0.39, 0.29) is 6.54 Å². The van der Waals surface area contributed by atoms with Gasteiger partial charge in [-0.25, -0.2) is 8.78 Å². The SMILES string of the molecule is CCCCc1ccc2c3c(C(N)=O)cccc3n(Cc3ccc(F)cc3F)c2c1. The molecule has 5 heteroatoms. The average Bonchev–Trinajstić information content (AvgIpc) is 3.01. The van der Waals surface area contributed by atoms with Gasteiger partial charge < -0.3 is 10.3 Å². The zero-order valence-electron chi connectivity index (χ0n) is 16.2. The van der Waals surface area contributed by atoms with Crippen molar-refractivity contribution in [3.05, 3.63) is 82.9 Å². The van der Waals surface area contributed by atoms with E-state index in [1.807, 2.05) is 16.7 Å². The second-order valence-corrected chi connectivity index (χ2v) is 7.34. The Bertz CT molecular complexity index is 1230. The largest absolute Gasteiger partial charge is 0.366 e. The van der Waals surface area contributed by atoms with Crippen LogP contribution in [0.2, 0.25) is 0 Å². The number of fused-ring (bicyclic) bond motifs is 3. The van der Waals surface area contributed by atoms with Crippen LogP contribution in [0.25, 0.3) is 21.8 Å². The van der Waals surface area contributed by atoms with Crippen LogP contribution < -0.4 is 5.73 Å². The number of primary amides is 1. The van der Waals surface area contributed by atoms with Crippen LogP contribution >= 0.6 is 0 Å².